The van der Waals surface area contributed by atoms with E-state index in [-0.39, 0.29) is 4.90 Å². The van der Waals surface area contributed by atoms with Gasteiger partial charge >= 0.3 is 0 Å². The minimum Gasteiger partial charge on any atom is -0.280 e. The summed E-state index contributed by atoms with van der Waals surface area (Å²) in [5.74, 6) is 0. The van der Waals surface area contributed by atoms with E-state index < -0.39 is 10.0 Å². The lowest BCUT2D eigenvalue weighted by atomic mass is 10.1. The zero-order chi connectivity index (χ0) is 18.7. The maximum atomic E-state index is 12.5. The maximum absolute atomic E-state index is 12.5. The Balaban J connectivity index is 1.61. The smallest absolute Gasteiger partial charge is 0.261 e. The fourth-order valence-corrected chi connectivity index (χ4v) is 4.47. The van der Waals surface area contributed by atoms with Gasteiger partial charge in [0.05, 0.1) is 10.6 Å². The monoisotopic (exact) mass is 393 g/mol. The maximum Gasteiger partial charge on any atom is 0.261 e. The summed E-state index contributed by atoms with van der Waals surface area (Å²) in [5.41, 5.74) is 3.08. The highest BCUT2D eigenvalue weighted by Gasteiger charge is 2.14. The van der Waals surface area contributed by atoms with Gasteiger partial charge in [-0.15, -0.1) is 11.3 Å². The minimum atomic E-state index is -3.63. The van der Waals surface area contributed by atoms with E-state index in [1.165, 1.54) is 11.3 Å². The van der Waals surface area contributed by atoms with Crippen LogP contribution in [0.5, 0.6) is 0 Å². The summed E-state index contributed by atoms with van der Waals surface area (Å²) in [7, 11) is -3.63. The fraction of sp³-hybridized carbons (Fsp3) is 0. The zero-order valence-corrected chi connectivity index (χ0v) is 15.7. The number of thiazole rings is 1. The summed E-state index contributed by atoms with van der Waals surface area (Å²) < 4.78 is 27.6. The largest absolute Gasteiger partial charge is 0.280 e. The number of aromatic nitrogens is 2. The lowest BCUT2D eigenvalue weighted by molar-refractivity contribution is 0.601. The van der Waals surface area contributed by atoms with Crippen LogP contribution in [-0.2, 0) is 10.0 Å². The number of pyridine rings is 1. The molecule has 0 radical (unpaired) electrons. The van der Waals surface area contributed by atoms with Gasteiger partial charge in [-0.2, -0.15) is 0 Å². The number of anilines is 1. The molecule has 0 aliphatic heterocycles. The van der Waals surface area contributed by atoms with Crippen molar-refractivity contribution in [2.45, 2.75) is 4.90 Å². The Kier molecular flexibility index (Phi) is 4.70. The summed E-state index contributed by atoms with van der Waals surface area (Å²) in [6.07, 6.45) is 3.49. The van der Waals surface area contributed by atoms with Crippen molar-refractivity contribution in [3.05, 3.63) is 84.5 Å². The standard InChI is InChI=1S/C20H15N3O2S2/c24-27(25,18-9-2-1-3-10-18)23-17-8-4-6-15(12-17)19-14-26-20(22-19)16-7-5-11-21-13-16/h1-14,23H. The van der Waals surface area contributed by atoms with Crippen LogP contribution < -0.4 is 4.72 Å². The molecule has 2 aromatic heterocycles. The van der Waals surface area contributed by atoms with E-state index in [2.05, 4.69) is 14.7 Å². The normalized spacial score (nSPS) is 11.3. The second kappa shape index (κ2) is 7.30. The number of benzene rings is 2. The molecule has 0 fully saturated rings. The first-order valence-corrected chi connectivity index (χ1v) is 10.5. The summed E-state index contributed by atoms with van der Waals surface area (Å²) in [6.45, 7) is 0. The Morgan fingerprint density at radius 3 is 2.48 bits per heavy atom. The van der Waals surface area contributed by atoms with E-state index in [9.17, 15) is 8.42 Å². The molecular formula is C20H15N3O2S2. The number of nitrogens with zero attached hydrogens (tertiary/aromatic N) is 2. The van der Waals surface area contributed by atoms with Gasteiger partial charge in [-0.1, -0.05) is 30.3 Å². The molecule has 0 unspecified atom stereocenters. The van der Waals surface area contributed by atoms with E-state index in [1.54, 1.807) is 60.9 Å². The van der Waals surface area contributed by atoms with Crippen molar-refractivity contribution in [1.82, 2.24) is 9.97 Å². The highest BCUT2D eigenvalue weighted by Crippen LogP contribution is 2.30. The zero-order valence-electron chi connectivity index (χ0n) is 14.1. The highest BCUT2D eigenvalue weighted by molar-refractivity contribution is 7.92. The Hall–Kier alpha value is -3.03. The number of rotatable bonds is 5. The van der Waals surface area contributed by atoms with E-state index in [0.29, 0.717) is 5.69 Å². The third kappa shape index (κ3) is 3.89. The molecule has 0 atom stereocenters. The summed E-state index contributed by atoms with van der Waals surface area (Å²) in [5, 5.41) is 2.82. The van der Waals surface area contributed by atoms with Gasteiger partial charge in [-0.05, 0) is 36.4 Å². The molecule has 0 bridgehead atoms. The van der Waals surface area contributed by atoms with Gasteiger partial charge in [0, 0.05) is 34.6 Å². The molecule has 7 heteroatoms. The third-order valence-electron chi connectivity index (χ3n) is 3.88. The number of hydrogen-bond donors (Lipinski definition) is 1. The van der Waals surface area contributed by atoms with E-state index in [4.69, 9.17) is 0 Å². The van der Waals surface area contributed by atoms with Crippen LogP contribution in [0.4, 0.5) is 5.69 Å². The molecule has 2 aromatic carbocycles. The predicted molar refractivity (Wildman–Crippen MR) is 108 cm³/mol. The van der Waals surface area contributed by atoms with Gasteiger partial charge in [0.25, 0.3) is 10.0 Å². The topological polar surface area (TPSA) is 72.0 Å². The average Bonchev–Trinajstić information content (AvgIpc) is 3.20. The highest BCUT2D eigenvalue weighted by atomic mass is 32.2. The van der Waals surface area contributed by atoms with Crippen molar-refractivity contribution in [1.29, 1.82) is 0 Å². The molecule has 5 nitrogen and oxygen atoms in total. The molecule has 27 heavy (non-hydrogen) atoms. The number of hydrogen-bond acceptors (Lipinski definition) is 5. The van der Waals surface area contributed by atoms with Gasteiger partial charge in [-0.3, -0.25) is 9.71 Å². The quantitative estimate of drug-likeness (QED) is 0.535. The van der Waals surface area contributed by atoms with Crippen LogP contribution >= 0.6 is 11.3 Å². The summed E-state index contributed by atoms with van der Waals surface area (Å²) in [6, 6.07) is 19.3. The van der Waals surface area contributed by atoms with Crippen LogP contribution in [0, 0.1) is 0 Å². The van der Waals surface area contributed by atoms with Crippen molar-refractivity contribution < 1.29 is 8.42 Å². The Morgan fingerprint density at radius 1 is 0.889 bits per heavy atom. The lowest BCUT2D eigenvalue weighted by Gasteiger charge is -2.09. The fourth-order valence-electron chi connectivity index (χ4n) is 2.58. The first kappa shape index (κ1) is 17.4. The summed E-state index contributed by atoms with van der Waals surface area (Å²) >= 11 is 1.52. The van der Waals surface area contributed by atoms with Crippen molar-refractivity contribution >= 4 is 27.0 Å². The Morgan fingerprint density at radius 2 is 1.70 bits per heavy atom. The van der Waals surface area contributed by atoms with Gasteiger partial charge in [0.1, 0.15) is 5.01 Å². The van der Waals surface area contributed by atoms with E-state index >= 15 is 0 Å². The van der Waals surface area contributed by atoms with Crippen molar-refractivity contribution in [2.75, 3.05) is 4.72 Å². The second-order valence-corrected chi connectivity index (χ2v) is 8.32. The number of nitrogens with one attached hydrogen (secondary N) is 1. The van der Waals surface area contributed by atoms with Gasteiger partial charge in [-0.25, -0.2) is 13.4 Å². The van der Waals surface area contributed by atoms with Crippen LogP contribution in [-0.4, -0.2) is 18.4 Å². The van der Waals surface area contributed by atoms with Crippen molar-refractivity contribution in [3.63, 3.8) is 0 Å². The molecule has 134 valence electrons. The summed E-state index contributed by atoms with van der Waals surface area (Å²) in [4.78, 5) is 8.99. The van der Waals surface area contributed by atoms with Crippen LogP contribution in [0.15, 0.2) is 89.4 Å². The molecule has 0 aliphatic carbocycles. The van der Waals surface area contributed by atoms with Crippen molar-refractivity contribution in [2.24, 2.45) is 0 Å². The Labute approximate surface area is 161 Å². The van der Waals surface area contributed by atoms with Crippen molar-refractivity contribution in [3.8, 4) is 21.8 Å². The first-order valence-electron chi connectivity index (χ1n) is 8.16. The lowest BCUT2D eigenvalue weighted by Crippen LogP contribution is -2.12. The third-order valence-corrected chi connectivity index (χ3v) is 6.17. The van der Waals surface area contributed by atoms with Crippen LogP contribution in [0.2, 0.25) is 0 Å². The van der Waals surface area contributed by atoms with Gasteiger partial charge < -0.3 is 0 Å². The molecular weight excluding hydrogens is 378 g/mol. The first-order chi connectivity index (χ1) is 13.1. The van der Waals surface area contributed by atoms with Gasteiger partial charge in [0.2, 0.25) is 0 Å². The molecule has 4 aromatic rings. The molecule has 2 heterocycles. The molecule has 0 spiro atoms. The van der Waals surface area contributed by atoms with Crippen LogP contribution in [0.3, 0.4) is 0 Å². The molecule has 0 amide bonds. The van der Waals surface area contributed by atoms with E-state index in [1.807, 2.05) is 23.6 Å². The van der Waals surface area contributed by atoms with E-state index in [0.717, 1.165) is 21.8 Å². The molecule has 4 rings (SSSR count). The second-order valence-electron chi connectivity index (χ2n) is 5.78. The molecule has 1 N–H and O–H groups in total. The predicted octanol–water partition coefficient (Wildman–Crippen LogP) is 4.67. The number of sulfonamides is 1. The minimum absolute atomic E-state index is 0.225. The molecule has 0 saturated carbocycles. The van der Waals surface area contributed by atoms with Gasteiger partial charge in [0.15, 0.2) is 0 Å². The average molecular weight is 393 g/mol. The van der Waals surface area contributed by atoms with Crippen LogP contribution in [0.1, 0.15) is 0 Å². The Bertz CT molecular complexity index is 1160. The SMILES string of the molecule is O=S(=O)(Nc1cccc(-c2csc(-c3cccnc3)n2)c1)c1ccccc1. The molecule has 0 aliphatic rings. The van der Waals surface area contributed by atoms with Crippen LogP contribution in [0.25, 0.3) is 21.8 Å². The molecule has 0 saturated heterocycles.